The van der Waals surface area contributed by atoms with Crippen LogP contribution in [0.15, 0.2) is 53.7 Å². The molecule has 0 fully saturated rings. The molecule has 0 amide bonds. The van der Waals surface area contributed by atoms with Gasteiger partial charge in [-0.3, -0.25) is 9.59 Å². The van der Waals surface area contributed by atoms with E-state index in [4.69, 9.17) is 14.2 Å². The van der Waals surface area contributed by atoms with Gasteiger partial charge in [-0.1, -0.05) is 18.7 Å². The highest BCUT2D eigenvalue weighted by Crippen LogP contribution is 2.42. The minimum atomic E-state index is -0.843. The van der Waals surface area contributed by atoms with Crippen molar-refractivity contribution in [2.45, 2.75) is 39.2 Å². The molecule has 2 N–H and O–H groups in total. The molecule has 186 valence electrons. The van der Waals surface area contributed by atoms with Gasteiger partial charge in [0.2, 0.25) is 0 Å². The van der Waals surface area contributed by atoms with E-state index in [1.807, 2.05) is 6.92 Å². The van der Waals surface area contributed by atoms with Crippen molar-refractivity contribution in [3.05, 3.63) is 81.8 Å². The number of hydrogen-bond acceptors (Lipinski definition) is 7. The lowest BCUT2D eigenvalue weighted by atomic mass is 9.87. The number of nitrogens with one attached hydrogen (secondary N) is 1. The summed E-state index contributed by atoms with van der Waals surface area (Å²) in [5.74, 6) is -0.774. The average molecular weight is 482 g/mol. The maximum atomic E-state index is 13.7. The molecule has 0 aliphatic carbocycles. The van der Waals surface area contributed by atoms with Crippen LogP contribution in [0.2, 0.25) is 0 Å². The summed E-state index contributed by atoms with van der Waals surface area (Å²) in [7, 11) is 2.79. The Balaban J connectivity index is 2.17. The van der Waals surface area contributed by atoms with Crippen LogP contribution >= 0.6 is 0 Å². The maximum Gasteiger partial charge on any atom is 0.306 e. The predicted octanol–water partition coefficient (Wildman–Crippen LogP) is 3.49. The second-order valence-electron chi connectivity index (χ2n) is 8.33. The molecule has 35 heavy (non-hydrogen) atoms. The van der Waals surface area contributed by atoms with E-state index in [1.54, 1.807) is 42.2 Å². The van der Waals surface area contributed by atoms with Crippen molar-refractivity contribution in [2.75, 3.05) is 20.8 Å². The normalized spacial score (nSPS) is 11.7. The summed E-state index contributed by atoms with van der Waals surface area (Å²) in [6.07, 6.45) is 3.64. The van der Waals surface area contributed by atoms with Crippen molar-refractivity contribution in [3.63, 3.8) is 0 Å². The van der Waals surface area contributed by atoms with Crippen LogP contribution in [0.5, 0.6) is 17.2 Å². The number of pyridine rings is 1. The number of methoxy groups -OCH3 is 2. The number of aromatic nitrogens is 3. The third-order valence-electron chi connectivity index (χ3n) is 5.70. The van der Waals surface area contributed by atoms with E-state index < -0.39 is 17.4 Å². The third-order valence-corrected chi connectivity index (χ3v) is 5.70. The summed E-state index contributed by atoms with van der Waals surface area (Å²) in [5, 5.41) is 10.9. The fourth-order valence-corrected chi connectivity index (χ4v) is 3.96. The van der Waals surface area contributed by atoms with E-state index in [9.17, 15) is 14.7 Å². The minimum absolute atomic E-state index is 0.0824. The van der Waals surface area contributed by atoms with E-state index in [-0.39, 0.29) is 24.3 Å². The van der Waals surface area contributed by atoms with Crippen molar-refractivity contribution in [3.8, 4) is 17.2 Å². The number of benzene rings is 1. The molecule has 0 aliphatic rings. The molecule has 0 saturated heterocycles. The van der Waals surface area contributed by atoms with Crippen LogP contribution in [-0.2, 0) is 22.5 Å². The molecule has 9 nitrogen and oxygen atoms in total. The zero-order chi connectivity index (χ0) is 25.5. The van der Waals surface area contributed by atoms with Gasteiger partial charge in [-0.05, 0) is 31.6 Å². The van der Waals surface area contributed by atoms with Crippen molar-refractivity contribution in [1.29, 1.82) is 0 Å². The first-order valence-electron chi connectivity index (χ1n) is 11.2. The zero-order valence-corrected chi connectivity index (χ0v) is 20.5. The van der Waals surface area contributed by atoms with Crippen LogP contribution in [0.3, 0.4) is 0 Å². The first kappa shape index (κ1) is 25.6. The number of rotatable bonds is 11. The Hall–Kier alpha value is -4.01. The lowest BCUT2D eigenvalue weighted by molar-refractivity contribution is -0.140. The fraction of sp³-hybridized carbons (Fsp3) is 0.346. The number of ether oxygens (including phenoxy) is 3. The van der Waals surface area contributed by atoms with Gasteiger partial charge >= 0.3 is 5.97 Å². The summed E-state index contributed by atoms with van der Waals surface area (Å²) in [4.78, 5) is 33.2. The first-order chi connectivity index (χ1) is 16.8. The van der Waals surface area contributed by atoms with Crippen molar-refractivity contribution < 1.29 is 24.1 Å². The number of hydrogen-bond donors (Lipinski definition) is 2. The Morgan fingerprint density at radius 1 is 1.31 bits per heavy atom. The second kappa shape index (κ2) is 11.4. The summed E-state index contributed by atoms with van der Waals surface area (Å²) >= 11 is 0. The zero-order valence-electron chi connectivity index (χ0n) is 20.5. The van der Waals surface area contributed by atoms with E-state index in [0.29, 0.717) is 35.7 Å². The molecule has 9 heteroatoms. The topological polar surface area (TPSA) is 116 Å². The van der Waals surface area contributed by atoms with Crippen LogP contribution in [0, 0.1) is 6.92 Å². The number of esters is 1. The van der Waals surface area contributed by atoms with Crippen molar-refractivity contribution >= 4 is 5.97 Å². The molecule has 1 unspecified atom stereocenters. The fourth-order valence-electron chi connectivity index (χ4n) is 3.96. The number of aromatic amines is 1. The monoisotopic (exact) mass is 481 g/mol. The van der Waals surface area contributed by atoms with Gasteiger partial charge in [-0.15, -0.1) is 0 Å². The van der Waals surface area contributed by atoms with Gasteiger partial charge in [-0.2, -0.15) is 0 Å². The van der Waals surface area contributed by atoms with Gasteiger partial charge in [-0.25, -0.2) is 4.98 Å². The number of carbonyl (C=O) groups is 1. The standard InChI is InChI=1S/C26H31N3O6/c1-16(2)14-35-25-19(7-6-8-22(25)33-4)20(12-23(31)34-5)24-21(30)11-17(3)29(26(24)32)10-9-18-13-27-15-28-18/h6-8,11,13,15,20,30H,1,9-10,12,14H2,2-5H3,(H,27,28). The predicted molar refractivity (Wildman–Crippen MR) is 131 cm³/mol. The van der Waals surface area contributed by atoms with Gasteiger partial charge in [0, 0.05) is 42.0 Å². The van der Waals surface area contributed by atoms with Crippen LogP contribution in [0.4, 0.5) is 0 Å². The van der Waals surface area contributed by atoms with Gasteiger partial charge in [0.15, 0.2) is 11.5 Å². The van der Waals surface area contributed by atoms with Crippen LogP contribution in [0.1, 0.15) is 41.8 Å². The maximum absolute atomic E-state index is 13.7. The molecule has 2 heterocycles. The molecule has 0 aliphatic heterocycles. The van der Waals surface area contributed by atoms with Crippen LogP contribution < -0.4 is 15.0 Å². The molecule has 0 spiro atoms. The number of aromatic hydroxyl groups is 1. The summed E-state index contributed by atoms with van der Waals surface area (Å²) < 4.78 is 18.0. The molecule has 2 aromatic heterocycles. The van der Waals surface area contributed by atoms with Crippen molar-refractivity contribution in [1.82, 2.24) is 14.5 Å². The Bertz CT molecular complexity index is 1250. The molecule has 3 aromatic rings. The summed E-state index contributed by atoms with van der Waals surface area (Å²) in [6.45, 7) is 8.02. The Morgan fingerprint density at radius 3 is 2.71 bits per heavy atom. The van der Waals surface area contributed by atoms with Gasteiger partial charge in [0.1, 0.15) is 12.4 Å². The van der Waals surface area contributed by atoms with Gasteiger partial charge < -0.3 is 28.9 Å². The number of aryl methyl sites for hydroxylation is 2. The quantitative estimate of drug-likeness (QED) is 0.318. The molecular formula is C26H31N3O6. The van der Waals surface area contributed by atoms with Crippen LogP contribution in [-0.4, -0.2) is 46.4 Å². The van der Waals surface area contributed by atoms with E-state index in [0.717, 1.165) is 11.3 Å². The highest BCUT2D eigenvalue weighted by atomic mass is 16.5. The highest BCUT2D eigenvalue weighted by molar-refractivity contribution is 5.72. The first-order valence-corrected chi connectivity index (χ1v) is 11.2. The van der Waals surface area contributed by atoms with E-state index in [2.05, 4.69) is 16.5 Å². The molecular weight excluding hydrogens is 450 g/mol. The molecule has 1 aromatic carbocycles. The Kier molecular flexibility index (Phi) is 8.35. The second-order valence-corrected chi connectivity index (χ2v) is 8.33. The highest BCUT2D eigenvalue weighted by Gasteiger charge is 2.30. The number of H-pyrrole nitrogens is 1. The molecule has 0 saturated carbocycles. The SMILES string of the molecule is C=C(C)COc1c(OC)cccc1C(CC(=O)OC)c1c(O)cc(C)n(CCc2cnc[nH]2)c1=O. The van der Waals surface area contributed by atoms with Gasteiger partial charge in [0.05, 0.1) is 32.5 Å². The van der Waals surface area contributed by atoms with Gasteiger partial charge in [0.25, 0.3) is 5.56 Å². The summed E-state index contributed by atoms with van der Waals surface area (Å²) in [5.41, 5.74) is 2.46. The summed E-state index contributed by atoms with van der Waals surface area (Å²) in [6, 6.07) is 6.75. The van der Waals surface area contributed by atoms with Crippen LogP contribution in [0.25, 0.3) is 0 Å². The third kappa shape index (κ3) is 5.92. The number of carbonyl (C=O) groups excluding carboxylic acids is 1. The lowest BCUT2D eigenvalue weighted by Crippen LogP contribution is -2.29. The Labute approximate surface area is 204 Å². The smallest absolute Gasteiger partial charge is 0.306 e. The minimum Gasteiger partial charge on any atom is -0.507 e. The molecule has 0 radical (unpaired) electrons. The molecule has 0 bridgehead atoms. The average Bonchev–Trinajstić information content (AvgIpc) is 3.34. The van der Waals surface area contributed by atoms with E-state index >= 15 is 0 Å². The number of para-hydroxylation sites is 1. The molecule has 1 atom stereocenters. The van der Waals surface area contributed by atoms with Crippen molar-refractivity contribution in [2.24, 2.45) is 0 Å². The number of imidazole rings is 1. The van der Waals surface area contributed by atoms with E-state index in [1.165, 1.54) is 20.3 Å². The Morgan fingerprint density at radius 2 is 2.09 bits per heavy atom. The number of nitrogens with zero attached hydrogens (tertiary/aromatic N) is 2. The largest absolute Gasteiger partial charge is 0.507 e. The lowest BCUT2D eigenvalue weighted by Gasteiger charge is -2.23. The molecule has 3 rings (SSSR count).